The van der Waals surface area contributed by atoms with Crippen LogP contribution >= 0.6 is 0 Å². The first kappa shape index (κ1) is 28.6. The molecule has 0 radical (unpaired) electrons. The molecule has 2 aromatic rings. The van der Waals surface area contributed by atoms with E-state index in [2.05, 4.69) is 5.18 Å². The molecule has 1 heterocycles. The molecule has 0 aliphatic carbocycles. The molecule has 14 heteroatoms. The second-order valence-electron chi connectivity index (χ2n) is 8.88. The first-order valence-corrected chi connectivity index (χ1v) is 12.4. The van der Waals surface area contributed by atoms with Crippen molar-refractivity contribution in [3.63, 3.8) is 0 Å². The fraction of sp³-hybridized carbons (Fsp3) is 0.435. The molecule has 0 fully saturated rings. The highest BCUT2D eigenvalue weighted by Gasteiger charge is 2.56. The lowest BCUT2D eigenvalue weighted by molar-refractivity contribution is -0.259. The molecule has 7 nitrogen and oxygen atoms in total. The Balaban J connectivity index is 2.33. The van der Waals surface area contributed by atoms with E-state index in [1.54, 1.807) is 30.3 Å². The molecule has 0 spiro atoms. The van der Waals surface area contributed by atoms with Gasteiger partial charge in [-0.2, -0.15) is 31.2 Å². The van der Waals surface area contributed by atoms with Gasteiger partial charge in [0.05, 0.1) is 17.4 Å². The molecule has 202 valence electrons. The molecule has 1 aliphatic rings. The average molecular weight is 552 g/mol. The molecule has 1 aliphatic heterocycles. The van der Waals surface area contributed by atoms with Crippen molar-refractivity contribution in [1.82, 2.24) is 0 Å². The third kappa shape index (κ3) is 5.21. The summed E-state index contributed by atoms with van der Waals surface area (Å²) in [7, 11) is -6.42. The maximum atomic E-state index is 13.7. The first-order valence-electron chi connectivity index (χ1n) is 10.9. The number of hydrogen-bond donors (Lipinski definition) is 1. The number of sulfone groups is 1. The summed E-state index contributed by atoms with van der Waals surface area (Å²) in [6.07, 6.45) is -5.85. The summed E-state index contributed by atoms with van der Waals surface area (Å²) in [6, 6.07) is 7.87. The highest BCUT2D eigenvalue weighted by molar-refractivity contribution is 7.92. The zero-order chi connectivity index (χ0) is 28.0. The third-order valence-electron chi connectivity index (χ3n) is 6.37. The van der Waals surface area contributed by atoms with Gasteiger partial charge in [-0.3, -0.25) is 4.79 Å². The van der Waals surface area contributed by atoms with Gasteiger partial charge >= 0.3 is 11.7 Å². The number of alkyl halides is 6. The summed E-state index contributed by atoms with van der Waals surface area (Å²) in [4.78, 5) is 23.8. The normalized spacial score (nSPS) is 19.4. The van der Waals surface area contributed by atoms with E-state index in [1.807, 2.05) is 0 Å². The maximum absolute atomic E-state index is 13.7. The summed E-state index contributed by atoms with van der Waals surface area (Å²) < 4.78 is 106. The minimum atomic E-state index is -6.42. The Labute approximate surface area is 208 Å². The molecule has 0 saturated heterocycles. The van der Waals surface area contributed by atoms with Crippen LogP contribution in [0.15, 0.2) is 52.5 Å². The summed E-state index contributed by atoms with van der Waals surface area (Å²) in [5.41, 5.74) is -11.6. The van der Waals surface area contributed by atoms with Crippen LogP contribution in [0.3, 0.4) is 0 Å². The Morgan fingerprint density at radius 1 is 1.11 bits per heavy atom. The third-order valence-corrected chi connectivity index (χ3v) is 7.89. The lowest BCUT2D eigenvalue weighted by atomic mass is 9.91. The Kier molecular flexibility index (Phi) is 7.50. The number of nitroso groups, excluding NO2 is 1. The van der Waals surface area contributed by atoms with E-state index in [0.29, 0.717) is 17.7 Å². The summed E-state index contributed by atoms with van der Waals surface area (Å²) in [6.45, 7) is 1.17. The van der Waals surface area contributed by atoms with Crippen molar-refractivity contribution in [3.05, 3.63) is 64.1 Å². The van der Waals surface area contributed by atoms with Crippen LogP contribution in [0.5, 0.6) is 0 Å². The van der Waals surface area contributed by atoms with Crippen LogP contribution in [0.2, 0.25) is 0 Å². The van der Waals surface area contributed by atoms with E-state index < -0.39 is 67.7 Å². The smallest absolute Gasteiger partial charge is 0.376 e. The van der Waals surface area contributed by atoms with Crippen LogP contribution in [0, 0.1) is 4.91 Å². The van der Waals surface area contributed by atoms with Gasteiger partial charge < -0.3 is 10.0 Å². The minimum absolute atomic E-state index is 0.0844. The van der Waals surface area contributed by atoms with Crippen LogP contribution < -0.4 is 4.90 Å². The quantitative estimate of drug-likeness (QED) is 0.417. The van der Waals surface area contributed by atoms with Crippen molar-refractivity contribution in [2.24, 2.45) is 5.18 Å². The van der Waals surface area contributed by atoms with Crippen LogP contribution in [0.1, 0.15) is 42.9 Å². The second kappa shape index (κ2) is 9.71. The molecular formula is C23H22F6N2O5S. The SMILES string of the molecule is C[C@H](C(=O)N1C[C@H](N=O)CCc2cc(C(C)(O)C(F)(F)F)c(S(=O)(=O)C(F)(F)F)cc21)c1ccccc1. The van der Waals surface area contributed by atoms with Crippen molar-refractivity contribution in [1.29, 1.82) is 0 Å². The monoisotopic (exact) mass is 552 g/mol. The van der Waals surface area contributed by atoms with Gasteiger partial charge in [-0.05, 0) is 49.9 Å². The molecule has 0 saturated carbocycles. The maximum Gasteiger partial charge on any atom is 0.501 e. The number of carbonyl (C=O) groups is 1. The number of rotatable bonds is 5. The van der Waals surface area contributed by atoms with Crippen LogP contribution in [0.25, 0.3) is 0 Å². The van der Waals surface area contributed by atoms with Crippen molar-refractivity contribution < 1.29 is 44.7 Å². The molecule has 1 amide bonds. The van der Waals surface area contributed by atoms with E-state index in [0.717, 1.165) is 4.90 Å². The van der Waals surface area contributed by atoms with Gasteiger partial charge in [-0.1, -0.05) is 35.5 Å². The number of benzene rings is 2. The van der Waals surface area contributed by atoms with E-state index in [9.17, 15) is 49.6 Å². The summed E-state index contributed by atoms with van der Waals surface area (Å²) in [5, 5.41) is 13.1. The number of fused-ring (bicyclic) bond motifs is 1. The molecule has 0 bridgehead atoms. The Bertz CT molecular complexity index is 1290. The zero-order valence-corrected chi connectivity index (χ0v) is 20.3. The number of nitrogens with zero attached hydrogens (tertiary/aromatic N) is 2. The highest BCUT2D eigenvalue weighted by atomic mass is 32.2. The Hall–Kier alpha value is -3.00. The average Bonchev–Trinajstić information content (AvgIpc) is 3.00. The predicted molar refractivity (Wildman–Crippen MR) is 120 cm³/mol. The van der Waals surface area contributed by atoms with Crippen molar-refractivity contribution >= 4 is 21.4 Å². The molecule has 3 rings (SSSR count). The van der Waals surface area contributed by atoms with Gasteiger partial charge in [0.1, 0.15) is 6.04 Å². The summed E-state index contributed by atoms with van der Waals surface area (Å²) in [5.74, 6) is -1.66. The summed E-state index contributed by atoms with van der Waals surface area (Å²) >= 11 is 0. The number of halogens is 6. The fourth-order valence-electron chi connectivity index (χ4n) is 4.08. The van der Waals surface area contributed by atoms with E-state index in [4.69, 9.17) is 0 Å². The van der Waals surface area contributed by atoms with Gasteiger partial charge in [0.15, 0.2) is 5.60 Å². The second-order valence-corrected chi connectivity index (χ2v) is 10.8. The lowest BCUT2D eigenvalue weighted by Crippen LogP contribution is -2.42. The molecule has 0 aromatic heterocycles. The Morgan fingerprint density at radius 3 is 2.22 bits per heavy atom. The van der Waals surface area contributed by atoms with Gasteiger partial charge in [0.2, 0.25) is 5.91 Å². The van der Waals surface area contributed by atoms with Crippen molar-refractivity contribution in [2.45, 2.75) is 60.8 Å². The largest absolute Gasteiger partial charge is 0.501 e. The van der Waals surface area contributed by atoms with Crippen LogP contribution in [0.4, 0.5) is 32.0 Å². The lowest BCUT2D eigenvalue weighted by Gasteiger charge is -2.32. The van der Waals surface area contributed by atoms with E-state index >= 15 is 0 Å². The van der Waals surface area contributed by atoms with Gasteiger partial charge in [0.25, 0.3) is 9.84 Å². The van der Waals surface area contributed by atoms with Gasteiger partial charge in [-0.25, -0.2) is 8.42 Å². The highest BCUT2D eigenvalue weighted by Crippen LogP contribution is 2.46. The van der Waals surface area contributed by atoms with E-state index in [-0.39, 0.29) is 25.3 Å². The van der Waals surface area contributed by atoms with E-state index in [1.165, 1.54) is 6.92 Å². The number of amides is 1. The number of anilines is 1. The number of carbonyl (C=O) groups excluding carboxylic acids is 1. The fourth-order valence-corrected chi connectivity index (χ4v) is 5.14. The van der Waals surface area contributed by atoms with Crippen LogP contribution in [-0.2, 0) is 26.7 Å². The number of aliphatic hydroxyl groups is 1. The molecule has 1 N–H and O–H groups in total. The topological polar surface area (TPSA) is 104 Å². The molecular weight excluding hydrogens is 530 g/mol. The Morgan fingerprint density at radius 2 is 1.70 bits per heavy atom. The van der Waals surface area contributed by atoms with Gasteiger partial charge in [0, 0.05) is 11.3 Å². The molecule has 37 heavy (non-hydrogen) atoms. The molecule has 1 unspecified atom stereocenters. The molecule has 2 aromatic carbocycles. The first-order chi connectivity index (χ1) is 16.9. The van der Waals surface area contributed by atoms with Crippen LogP contribution in [-0.4, -0.2) is 43.7 Å². The van der Waals surface area contributed by atoms with Gasteiger partial charge in [-0.15, -0.1) is 0 Å². The predicted octanol–water partition coefficient (Wildman–Crippen LogP) is 4.97. The zero-order valence-electron chi connectivity index (χ0n) is 19.5. The van der Waals surface area contributed by atoms with Crippen molar-refractivity contribution in [2.75, 3.05) is 11.4 Å². The van der Waals surface area contributed by atoms with Crippen molar-refractivity contribution in [3.8, 4) is 0 Å². The number of aryl methyl sites for hydroxylation is 1. The number of hydrogen-bond acceptors (Lipinski definition) is 6. The standard InChI is InChI=1S/C23H22F6N2O5S/c1-13(14-6-4-3-5-7-14)20(32)31-12-16(30-34)9-8-15-10-17(21(2,33)22(24,25)26)19(11-18(15)31)37(35,36)23(27,28)29/h3-7,10-11,13,16,33H,8-9,12H2,1-2H3/t13-,16+,21?/m0/s1. The minimum Gasteiger partial charge on any atom is -0.376 e. The molecule has 3 atom stereocenters.